The van der Waals surface area contributed by atoms with Gasteiger partial charge in [-0.3, -0.25) is 14.4 Å². The highest BCUT2D eigenvalue weighted by Gasteiger charge is 2.18. The molecule has 0 unspecified atom stereocenters. The Balaban J connectivity index is 2.07. The molecule has 9 heteroatoms. The zero-order chi connectivity index (χ0) is 19.8. The molecule has 0 spiro atoms. The van der Waals surface area contributed by atoms with E-state index < -0.39 is 0 Å². The minimum absolute atomic E-state index is 0.154. The Bertz CT molecular complexity index is 817. The fraction of sp³-hybridized carbons (Fsp3) is 0.333. The van der Waals surface area contributed by atoms with E-state index in [0.29, 0.717) is 47.3 Å². The minimum Gasteiger partial charge on any atom is -0.399 e. The number of aryl methyl sites for hydroxylation is 2. The number of carbonyl (C=O) groups is 3. The molecule has 8 nitrogen and oxygen atoms in total. The van der Waals surface area contributed by atoms with E-state index in [9.17, 15) is 14.4 Å². The number of amides is 3. The van der Waals surface area contributed by atoms with Gasteiger partial charge in [-0.1, -0.05) is 23.5 Å². The minimum atomic E-state index is -0.276. The quantitative estimate of drug-likeness (QED) is 0.400. The summed E-state index contributed by atoms with van der Waals surface area (Å²) in [5.74, 6) is -0.674. The highest BCUT2D eigenvalue weighted by molar-refractivity contribution is 7.17. The molecular formula is C18H23N5O3S. The van der Waals surface area contributed by atoms with Crippen LogP contribution in [0, 0.1) is 0 Å². The molecule has 27 heavy (non-hydrogen) atoms. The molecule has 0 fully saturated rings. The second-order valence-corrected chi connectivity index (χ2v) is 6.96. The van der Waals surface area contributed by atoms with Gasteiger partial charge in [0.2, 0.25) is 11.8 Å². The number of carbonyl (C=O) groups excluding carboxylic acids is 3. The number of nitrogens with one attached hydrogen (secondary N) is 3. The predicted molar refractivity (Wildman–Crippen MR) is 106 cm³/mol. The predicted octanol–water partition coefficient (Wildman–Crippen LogP) is 1.33. The highest BCUT2D eigenvalue weighted by Crippen LogP contribution is 2.24. The molecule has 0 aliphatic rings. The number of nitrogen functional groups attached to an aromatic ring is 1. The van der Waals surface area contributed by atoms with Crippen molar-refractivity contribution in [3.63, 3.8) is 0 Å². The molecule has 1 aromatic carbocycles. The van der Waals surface area contributed by atoms with Crippen molar-refractivity contribution < 1.29 is 14.4 Å². The summed E-state index contributed by atoms with van der Waals surface area (Å²) in [5, 5.41) is 8.38. The SMILES string of the molecule is CC(=O)NCCNC(=O)c1sc(NC(C)=O)nc1CCc1ccc(N)cc1. The standard InChI is InChI=1S/C18H23N5O3S/c1-11(24)20-9-10-21-17(26)16-15(23-18(27-16)22-12(2)25)8-5-13-3-6-14(19)7-4-13/h3-4,6-7H,5,8-10,19H2,1-2H3,(H,20,24)(H,21,26)(H,22,23,25). The number of hydrogen-bond donors (Lipinski definition) is 4. The van der Waals surface area contributed by atoms with Crippen LogP contribution in [-0.4, -0.2) is 35.8 Å². The number of anilines is 2. The number of thiazole rings is 1. The first-order valence-electron chi connectivity index (χ1n) is 8.49. The second-order valence-electron chi connectivity index (χ2n) is 5.96. The summed E-state index contributed by atoms with van der Waals surface area (Å²) in [7, 11) is 0. The molecule has 2 rings (SSSR count). The fourth-order valence-corrected chi connectivity index (χ4v) is 3.32. The summed E-state index contributed by atoms with van der Waals surface area (Å²) < 4.78 is 0. The van der Waals surface area contributed by atoms with Crippen molar-refractivity contribution in [2.45, 2.75) is 26.7 Å². The maximum atomic E-state index is 12.5. The van der Waals surface area contributed by atoms with Gasteiger partial charge in [0.05, 0.1) is 5.69 Å². The molecule has 3 amide bonds. The Morgan fingerprint density at radius 3 is 2.30 bits per heavy atom. The van der Waals surface area contributed by atoms with Crippen molar-refractivity contribution in [2.24, 2.45) is 0 Å². The first-order chi connectivity index (χ1) is 12.8. The van der Waals surface area contributed by atoms with Gasteiger partial charge >= 0.3 is 0 Å². The van der Waals surface area contributed by atoms with Gasteiger partial charge in [-0.15, -0.1) is 0 Å². The molecule has 0 radical (unpaired) electrons. The molecular weight excluding hydrogens is 366 g/mol. The molecule has 144 valence electrons. The number of nitrogens with zero attached hydrogens (tertiary/aromatic N) is 1. The average molecular weight is 389 g/mol. The summed E-state index contributed by atoms with van der Waals surface area (Å²) in [6, 6.07) is 7.52. The third kappa shape index (κ3) is 6.70. The van der Waals surface area contributed by atoms with Crippen LogP contribution in [-0.2, 0) is 22.4 Å². The Morgan fingerprint density at radius 1 is 1.00 bits per heavy atom. The third-order valence-corrected chi connectivity index (χ3v) is 4.61. The summed E-state index contributed by atoms with van der Waals surface area (Å²) in [6.07, 6.45) is 1.24. The molecule has 0 saturated heterocycles. The van der Waals surface area contributed by atoms with Crippen LogP contribution >= 0.6 is 11.3 Å². The lowest BCUT2D eigenvalue weighted by atomic mass is 10.1. The van der Waals surface area contributed by atoms with Crippen molar-refractivity contribution in [1.82, 2.24) is 15.6 Å². The largest absolute Gasteiger partial charge is 0.399 e. The topological polar surface area (TPSA) is 126 Å². The zero-order valence-electron chi connectivity index (χ0n) is 15.3. The van der Waals surface area contributed by atoms with E-state index in [4.69, 9.17) is 5.73 Å². The second kappa shape index (κ2) is 9.67. The lowest BCUT2D eigenvalue weighted by Crippen LogP contribution is -2.33. The summed E-state index contributed by atoms with van der Waals surface area (Å²) in [4.78, 5) is 39.5. The Kier molecular flexibility index (Phi) is 7.30. The molecule has 0 saturated carbocycles. The normalized spacial score (nSPS) is 10.3. The number of nitrogens with two attached hydrogens (primary N) is 1. The molecule has 0 bridgehead atoms. The number of rotatable bonds is 8. The average Bonchev–Trinajstić information content (AvgIpc) is 3.00. The van der Waals surface area contributed by atoms with Gasteiger partial charge in [0.15, 0.2) is 5.13 Å². The number of hydrogen-bond acceptors (Lipinski definition) is 6. The Labute approximate surface area is 161 Å². The number of benzene rings is 1. The van der Waals surface area contributed by atoms with Gasteiger partial charge in [-0.05, 0) is 30.5 Å². The van der Waals surface area contributed by atoms with Crippen LogP contribution in [0.4, 0.5) is 10.8 Å². The summed E-state index contributed by atoms with van der Waals surface area (Å²) in [5.41, 5.74) is 8.09. The van der Waals surface area contributed by atoms with Crippen LogP contribution in [0.15, 0.2) is 24.3 Å². The first-order valence-corrected chi connectivity index (χ1v) is 9.31. The fourth-order valence-electron chi connectivity index (χ4n) is 2.34. The molecule has 2 aromatic rings. The monoisotopic (exact) mass is 389 g/mol. The molecule has 5 N–H and O–H groups in total. The van der Waals surface area contributed by atoms with E-state index >= 15 is 0 Å². The lowest BCUT2D eigenvalue weighted by molar-refractivity contribution is -0.119. The van der Waals surface area contributed by atoms with Crippen LogP contribution < -0.4 is 21.7 Å². The molecule has 1 aromatic heterocycles. The smallest absolute Gasteiger partial charge is 0.263 e. The maximum Gasteiger partial charge on any atom is 0.263 e. The van der Waals surface area contributed by atoms with E-state index in [1.165, 1.54) is 13.8 Å². The molecule has 0 aliphatic carbocycles. The lowest BCUT2D eigenvalue weighted by Gasteiger charge is -2.06. The number of aromatic nitrogens is 1. The maximum absolute atomic E-state index is 12.5. The first kappa shape index (κ1) is 20.4. The van der Waals surface area contributed by atoms with E-state index in [-0.39, 0.29) is 17.7 Å². The van der Waals surface area contributed by atoms with E-state index in [1.807, 2.05) is 24.3 Å². The van der Waals surface area contributed by atoms with Crippen molar-refractivity contribution in [1.29, 1.82) is 0 Å². The van der Waals surface area contributed by atoms with Crippen molar-refractivity contribution in [3.8, 4) is 0 Å². The van der Waals surface area contributed by atoms with Crippen LogP contribution in [0.3, 0.4) is 0 Å². The third-order valence-electron chi connectivity index (χ3n) is 3.60. The van der Waals surface area contributed by atoms with Gasteiger partial charge in [0.25, 0.3) is 5.91 Å². The van der Waals surface area contributed by atoms with E-state index in [0.717, 1.165) is 16.9 Å². The van der Waals surface area contributed by atoms with Crippen molar-refractivity contribution >= 4 is 39.9 Å². The Hall–Kier alpha value is -2.94. The van der Waals surface area contributed by atoms with Crippen LogP contribution in [0.1, 0.15) is 34.8 Å². The highest BCUT2D eigenvalue weighted by atomic mass is 32.1. The zero-order valence-corrected chi connectivity index (χ0v) is 16.1. The van der Waals surface area contributed by atoms with Gasteiger partial charge in [0, 0.05) is 32.6 Å². The Morgan fingerprint density at radius 2 is 1.67 bits per heavy atom. The van der Waals surface area contributed by atoms with Crippen LogP contribution in [0.2, 0.25) is 0 Å². The molecule has 1 heterocycles. The van der Waals surface area contributed by atoms with Crippen molar-refractivity contribution in [2.75, 3.05) is 24.1 Å². The van der Waals surface area contributed by atoms with E-state index in [1.54, 1.807) is 0 Å². The van der Waals surface area contributed by atoms with Gasteiger partial charge < -0.3 is 21.7 Å². The van der Waals surface area contributed by atoms with Gasteiger partial charge in [0.1, 0.15) is 4.88 Å². The van der Waals surface area contributed by atoms with E-state index in [2.05, 4.69) is 20.9 Å². The van der Waals surface area contributed by atoms with Gasteiger partial charge in [-0.2, -0.15) is 0 Å². The van der Waals surface area contributed by atoms with Gasteiger partial charge in [-0.25, -0.2) is 4.98 Å². The van der Waals surface area contributed by atoms with Crippen LogP contribution in [0.25, 0.3) is 0 Å². The summed E-state index contributed by atoms with van der Waals surface area (Å²) >= 11 is 1.14. The molecule has 0 atom stereocenters. The van der Waals surface area contributed by atoms with Crippen molar-refractivity contribution in [3.05, 3.63) is 40.4 Å². The van der Waals surface area contributed by atoms with Crippen LogP contribution in [0.5, 0.6) is 0 Å². The molecule has 0 aliphatic heterocycles. The summed E-state index contributed by atoms with van der Waals surface area (Å²) in [6.45, 7) is 3.46.